The second kappa shape index (κ2) is 12.0. The fourth-order valence-electron chi connectivity index (χ4n) is 2.16. The van der Waals surface area contributed by atoms with Gasteiger partial charge in [0.25, 0.3) is 11.8 Å². The van der Waals surface area contributed by atoms with E-state index in [0.717, 1.165) is 0 Å². The van der Waals surface area contributed by atoms with Gasteiger partial charge in [0.15, 0.2) is 6.10 Å². The van der Waals surface area contributed by atoms with Crippen LogP contribution in [-0.2, 0) is 11.4 Å². The molecule has 1 aromatic rings. The number of hydrogen-bond donors (Lipinski definition) is 6. The topological polar surface area (TPSA) is 151 Å². The molecule has 27 heavy (non-hydrogen) atoms. The van der Waals surface area contributed by atoms with E-state index in [-0.39, 0.29) is 44.2 Å². The van der Waals surface area contributed by atoms with Gasteiger partial charge in [-0.25, -0.2) is 0 Å². The van der Waals surface area contributed by atoms with Crippen LogP contribution in [0, 0.1) is 10.7 Å². The van der Waals surface area contributed by atoms with Gasteiger partial charge in [0.2, 0.25) is 0 Å². The number of amides is 2. The van der Waals surface area contributed by atoms with Gasteiger partial charge in [0.1, 0.15) is 0 Å². The van der Waals surface area contributed by atoms with E-state index in [1.807, 2.05) is 67.8 Å². The molecule has 1 unspecified atom stereocenters. The first-order valence-electron chi connectivity index (χ1n) is 7.65. The molecule has 0 saturated heterocycles. The van der Waals surface area contributed by atoms with Crippen molar-refractivity contribution in [2.45, 2.75) is 12.7 Å². The van der Waals surface area contributed by atoms with E-state index in [9.17, 15) is 30.0 Å². The molecule has 1 rings (SSSR count). The van der Waals surface area contributed by atoms with E-state index >= 15 is 0 Å². The average Bonchev–Trinajstić information content (AvgIpc) is 2.64. The van der Waals surface area contributed by atoms with Crippen molar-refractivity contribution < 1.29 is 35.1 Å². The Morgan fingerprint density at radius 3 is 1.96 bits per heavy atom. The Morgan fingerprint density at radius 2 is 1.52 bits per heavy atom. The Bertz CT molecular complexity index is 697. The maximum absolute atomic E-state index is 13.0. The fourth-order valence-corrected chi connectivity index (χ4v) is 6.39. The number of rotatable bonds is 9. The lowest BCUT2D eigenvalue weighted by atomic mass is 10.1. The molecule has 0 bridgehead atoms. The van der Waals surface area contributed by atoms with Crippen LogP contribution in [0.1, 0.15) is 15.9 Å². The minimum absolute atomic E-state index is 0.0108. The number of carbonyl (C=O) groups excluding carboxylic acids is 2. The van der Waals surface area contributed by atoms with Crippen LogP contribution < -0.4 is 5.32 Å². The molecule has 1 atom stereocenters. The van der Waals surface area contributed by atoms with E-state index in [1.54, 1.807) is 0 Å². The second-order valence-electron chi connectivity index (χ2n) is 5.26. The Labute approximate surface area is 196 Å². The molecular weight excluding hydrogens is 701 g/mol. The molecule has 0 aromatic heterocycles. The van der Waals surface area contributed by atoms with E-state index in [0.29, 0.717) is 16.3 Å². The highest BCUT2D eigenvalue weighted by molar-refractivity contribution is 14.1. The lowest BCUT2D eigenvalue weighted by molar-refractivity contribution is -0.125. The third-order valence-corrected chi connectivity index (χ3v) is 6.99. The van der Waals surface area contributed by atoms with Gasteiger partial charge in [-0.2, -0.15) is 0 Å². The van der Waals surface area contributed by atoms with Gasteiger partial charge in [-0.05, 0) is 67.8 Å². The van der Waals surface area contributed by atoms with Gasteiger partial charge in [-0.15, -0.1) is 0 Å². The normalized spacial score (nSPS) is 12.0. The SMILES string of the molecule is O=C(Nc1c(I)c(CO)c(I)c(C(=O)N(CCO)CCO)c1I)C(O)CO. The molecule has 6 N–H and O–H groups in total. The van der Waals surface area contributed by atoms with Crippen molar-refractivity contribution in [3.63, 3.8) is 0 Å². The molecule has 1 aromatic carbocycles. The summed E-state index contributed by atoms with van der Waals surface area (Å²) in [7, 11) is 0. The Hall–Kier alpha value is 0.150. The number of nitrogens with one attached hydrogen (secondary N) is 1. The fraction of sp³-hybridized carbons (Fsp3) is 0.467. The summed E-state index contributed by atoms with van der Waals surface area (Å²) >= 11 is 5.72. The number of aliphatic hydroxyl groups excluding tert-OH is 5. The molecular formula is C15H19I3N2O7. The number of halogens is 3. The molecule has 0 spiro atoms. The summed E-state index contributed by atoms with van der Waals surface area (Å²) in [6, 6.07) is 0. The molecule has 0 heterocycles. The first-order valence-corrected chi connectivity index (χ1v) is 10.9. The lowest BCUT2D eigenvalue weighted by Gasteiger charge is -2.25. The molecule has 0 aliphatic heterocycles. The maximum Gasteiger partial charge on any atom is 0.256 e. The zero-order valence-corrected chi connectivity index (χ0v) is 20.4. The molecule has 0 aliphatic rings. The van der Waals surface area contributed by atoms with E-state index in [2.05, 4.69) is 5.32 Å². The third-order valence-electron chi connectivity index (χ3n) is 3.53. The zero-order valence-electron chi connectivity index (χ0n) is 14.0. The number of anilines is 1. The molecule has 152 valence electrons. The van der Waals surface area contributed by atoms with Gasteiger partial charge in [0.05, 0.1) is 41.2 Å². The molecule has 9 nitrogen and oxygen atoms in total. The van der Waals surface area contributed by atoms with Crippen LogP contribution in [0.2, 0.25) is 0 Å². The Morgan fingerprint density at radius 1 is 0.963 bits per heavy atom. The summed E-state index contributed by atoms with van der Waals surface area (Å²) in [4.78, 5) is 26.2. The first kappa shape index (κ1) is 25.2. The van der Waals surface area contributed by atoms with Gasteiger partial charge < -0.3 is 35.7 Å². The second-order valence-corrected chi connectivity index (χ2v) is 8.49. The van der Waals surface area contributed by atoms with Crippen molar-refractivity contribution in [2.75, 3.05) is 38.2 Å². The first-order chi connectivity index (χ1) is 12.7. The number of hydrogen-bond acceptors (Lipinski definition) is 7. The van der Waals surface area contributed by atoms with Crippen molar-refractivity contribution in [3.8, 4) is 0 Å². The van der Waals surface area contributed by atoms with Gasteiger partial charge >= 0.3 is 0 Å². The maximum atomic E-state index is 13.0. The van der Waals surface area contributed by atoms with E-state index in [1.165, 1.54) is 4.90 Å². The molecule has 12 heteroatoms. The average molecular weight is 720 g/mol. The summed E-state index contributed by atoms with van der Waals surface area (Å²) in [5, 5.41) is 49.0. The number of nitrogens with zero attached hydrogens (tertiary/aromatic N) is 1. The predicted molar refractivity (Wildman–Crippen MR) is 122 cm³/mol. The summed E-state index contributed by atoms with van der Waals surface area (Å²) < 4.78 is 1.35. The predicted octanol–water partition coefficient (Wildman–Crippen LogP) is -0.289. The van der Waals surface area contributed by atoms with Crippen molar-refractivity contribution in [3.05, 3.63) is 21.8 Å². The highest BCUT2D eigenvalue weighted by Crippen LogP contribution is 2.36. The molecule has 0 aliphatic carbocycles. The summed E-state index contributed by atoms with van der Waals surface area (Å²) in [5.41, 5.74) is 0.854. The smallest absolute Gasteiger partial charge is 0.256 e. The van der Waals surface area contributed by atoms with Crippen molar-refractivity contribution in [1.29, 1.82) is 0 Å². The van der Waals surface area contributed by atoms with E-state index in [4.69, 9.17) is 5.11 Å². The molecule has 0 saturated carbocycles. The van der Waals surface area contributed by atoms with Crippen LogP contribution in [0.25, 0.3) is 0 Å². The van der Waals surface area contributed by atoms with Gasteiger partial charge in [-0.1, -0.05) is 0 Å². The Kier molecular flexibility index (Phi) is 11.2. The quantitative estimate of drug-likeness (QED) is 0.192. The summed E-state index contributed by atoms with van der Waals surface area (Å²) in [5.74, 6) is -1.32. The minimum Gasteiger partial charge on any atom is -0.395 e. The van der Waals surface area contributed by atoms with Crippen LogP contribution in [0.4, 0.5) is 5.69 Å². The Balaban J connectivity index is 3.54. The van der Waals surface area contributed by atoms with Crippen molar-refractivity contribution >= 4 is 85.3 Å². The summed E-state index contributed by atoms with van der Waals surface area (Å²) in [6.07, 6.45) is -1.63. The van der Waals surface area contributed by atoms with Crippen molar-refractivity contribution in [1.82, 2.24) is 4.90 Å². The highest BCUT2D eigenvalue weighted by atomic mass is 127. The van der Waals surface area contributed by atoms with Crippen LogP contribution in [0.15, 0.2) is 0 Å². The van der Waals surface area contributed by atoms with Crippen LogP contribution in [0.5, 0.6) is 0 Å². The van der Waals surface area contributed by atoms with Crippen LogP contribution >= 0.6 is 67.8 Å². The summed E-state index contributed by atoms with van der Waals surface area (Å²) in [6.45, 7) is -1.71. The van der Waals surface area contributed by atoms with E-state index < -0.39 is 24.5 Å². The number of carbonyl (C=O) groups is 2. The number of benzene rings is 1. The van der Waals surface area contributed by atoms with Crippen LogP contribution in [0.3, 0.4) is 0 Å². The highest BCUT2D eigenvalue weighted by Gasteiger charge is 2.28. The largest absolute Gasteiger partial charge is 0.395 e. The molecule has 0 fully saturated rings. The lowest BCUT2D eigenvalue weighted by Crippen LogP contribution is -2.37. The third kappa shape index (κ3) is 6.06. The van der Waals surface area contributed by atoms with Crippen molar-refractivity contribution in [2.24, 2.45) is 0 Å². The standard InChI is InChI=1S/C15H19I3N2O7/c16-10-7(5-23)11(17)13(19-14(26)8(25)6-24)12(18)9(10)15(27)20(1-3-21)2-4-22/h8,21-25H,1-6H2,(H,19,26). The monoisotopic (exact) mass is 720 g/mol. The van der Waals surface area contributed by atoms with Gasteiger partial charge in [0, 0.05) is 25.8 Å². The number of aliphatic hydroxyl groups is 5. The zero-order chi connectivity index (χ0) is 20.7. The van der Waals surface area contributed by atoms with Crippen LogP contribution in [-0.4, -0.2) is 81.3 Å². The minimum atomic E-state index is -1.63. The molecule has 0 radical (unpaired) electrons. The van der Waals surface area contributed by atoms with Gasteiger partial charge in [-0.3, -0.25) is 9.59 Å². The molecule has 2 amide bonds.